The van der Waals surface area contributed by atoms with Crippen LogP contribution >= 0.6 is 0 Å². The summed E-state index contributed by atoms with van der Waals surface area (Å²) < 4.78 is 5.24. The molecule has 0 spiro atoms. The van der Waals surface area contributed by atoms with Crippen LogP contribution in [0.2, 0.25) is 0 Å². The van der Waals surface area contributed by atoms with Crippen molar-refractivity contribution in [3.63, 3.8) is 0 Å². The van der Waals surface area contributed by atoms with Crippen LogP contribution in [0.15, 0.2) is 24.3 Å². The second-order valence-electron chi connectivity index (χ2n) is 2.79. The van der Waals surface area contributed by atoms with E-state index < -0.39 is 6.10 Å². The molecule has 3 heteroatoms. The Morgan fingerprint density at radius 2 is 2.08 bits per heavy atom. The molecule has 13 heavy (non-hydrogen) atoms. The molecule has 1 aromatic carbocycles. The van der Waals surface area contributed by atoms with E-state index in [1.807, 2.05) is 12.1 Å². The zero-order valence-corrected chi connectivity index (χ0v) is 7.60. The molecule has 0 bridgehead atoms. The quantitative estimate of drug-likeness (QED) is 0.733. The lowest BCUT2D eigenvalue weighted by atomic mass is 10.1. The smallest absolute Gasteiger partial charge is 0.125 e. The molecular weight excluding hydrogens is 168 g/mol. The Kier molecular flexibility index (Phi) is 3.73. The highest BCUT2D eigenvalue weighted by Crippen LogP contribution is 2.24. The van der Waals surface area contributed by atoms with Crippen LogP contribution in [-0.2, 0) is 0 Å². The predicted molar refractivity (Wildman–Crippen MR) is 49.7 cm³/mol. The second kappa shape index (κ2) is 4.84. The maximum Gasteiger partial charge on any atom is 0.125 e. The SMILES string of the molecule is C[C@@H](O)c1ccccc1OCCO. The molecule has 2 N–H and O–H groups in total. The van der Waals surface area contributed by atoms with Gasteiger partial charge in [-0.25, -0.2) is 0 Å². The minimum absolute atomic E-state index is 0.0197. The van der Waals surface area contributed by atoms with Crippen LogP contribution in [-0.4, -0.2) is 23.4 Å². The maximum atomic E-state index is 9.36. The average molecular weight is 182 g/mol. The Bertz CT molecular complexity index is 258. The molecule has 72 valence electrons. The van der Waals surface area contributed by atoms with Gasteiger partial charge in [-0.3, -0.25) is 0 Å². The summed E-state index contributed by atoms with van der Waals surface area (Å²) in [7, 11) is 0. The maximum absolute atomic E-state index is 9.36. The minimum Gasteiger partial charge on any atom is -0.491 e. The molecular formula is C10H14O3. The van der Waals surface area contributed by atoms with Gasteiger partial charge >= 0.3 is 0 Å². The summed E-state index contributed by atoms with van der Waals surface area (Å²) in [4.78, 5) is 0. The average Bonchev–Trinajstić information content (AvgIpc) is 2.15. The van der Waals surface area contributed by atoms with E-state index in [0.717, 1.165) is 5.56 Å². The Morgan fingerprint density at radius 3 is 2.69 bits per heavy atom. The first kappa shape index (κ1) is 10.0. The molecule has 0 saturated carbocycles. The van der Waals surface area contributed by atoms with E-state index in [1.165, 1.54) is 0 Å². The molecule has 1 rings (SSSR count). The van der Waals surface area contributed by atoms with Gasteiger partial charge < -0.3 is 14.9 Å². The third-order valence-corrected chi connectivity index (χ3v) is 1.72. The van der Waals surface area contributed by atoms with Gasteiger partial charge in [0.2, 0.25) is 0 Å². The number of para-hydroxylation sites is 1. The van der Waals surface area contributed by atoms with E-state index >= 15 is 0 Å². The van der Waals surface area contributed by atoms with E-state index in [0.29, 0.717) is 5.75 Å². The molecule has 1 atom stereocenters. The van der Waals surface area contributed by atoms with Crippen molar-refractivity contribution in [1.29, 1.82) is 0 Å². The summed E-state index contributed by atoms with van der Waals surface area (Å²) in [5.74, 6) is 0.631. The summed E-state index contributed by atoms with van der Waals surface area (Å²) in [5.41, 5.74) is 0.746. The fraction of sp³-hybridized carbons (Fsp3) is 0.400. The summed E-state index contributed by atoms with van der Waals surface area (Å²) in [6.45, 7) is 1.92. The van der Waals surface area contributed by atoms with Crippen molar-refractivity contribution in [3.8, 4) is 5.75 Å². The Hall–Kier alpha value is -1.06. The van der Waals surface area contributed by atoms with Crippen molar-refractivity contribution in [3.05, 3.63) is 29.8 Å². The van der Waals surface area contributed by atoms with Crippen LogP contribution in [0.1, 0.15) is 18.6 Å². The molecule has 0 radical (unpaired) electrons. The highest BCUT2D eigenvalue weighted by atomic mass is 16.5. The summed E-state index contributed by atoms with van der Waals surface area (Å²) in [5, 5.41) is 17.9. The molecule has 0 fully saturated rings. The van der Waals surface area contributed by atoms with Crippen molar-refractivity contribution in [1.82, 2.24) is 0 Å². The molecule has 0 unspecified atom stereocenters. The Balaban J connectivity index is 2.78. The topological polar surface area (TPSA) is 49.7 Å². The van der Waals surface area contributed by atoms with E-state index in [9.17, 15) is 5.11 Å². The summed E-state index contributed by atoms with van der Waals surface area (Å²) in [6, 6.07) is 7.25. The van der Waals surface area contributed by atoms with Gasteiger partial charge in [-0.1, -0.05) is 18.2 Å². The van der Waals surface area contributed by atoms with Gasteiger partial charge in [0, 0.05) is 5.56 Å². The van der Waals surface area contributed by atoms with Crippen LogP contribution in [0.25, 0.3) is 0 Å². The first-order valence-corrected chi connectivity index (χ1v) is 4.26. The molecule has 1 aromatic rings. The van der Waals surface area contributed by atoms with E-state index in [1.54, 1.807) is 19.1 Å². The fourth-order valence-corrected chi connectivity index (χ4v) is 1.11. The minimum atomic E-state index is -0.546. The van der Waals surface area contributed by atoms with Crippen molar-refractivity contribution in [2.45, 2.75) is 13.0 Å². The molecule has 0 heterocycles. The fourth-order valence-electron chi connectivity index (χ4n) is 1.11. The van der Waals surface area contributed by atoms with Crippen molar-refractivity contribution >= 4 is 0 Å². The number of aliphatic hydroxyl groups excluding tert-OH is 2. The van der Waals surface area contributed by atoms with Crippen LogP contribution in [0, 0.1) is 0 Å². The first-order chi connectivity index (χ1) is 6.25. The summed E-state index contributed by atoms with van der Waals surface area (Å²) in [6.07, 6.45) is -0.546. The monoisotopic (exact) mass is 182 g/mol. The third-order valence-electron chi connectivity index (χ3n) is 1.72. The molecule has 0 aliphatic carbocycles. The highest BCUT2D eigenvalue weighted by Gasteiger charge is 2.06. The molecule has 0 aliphatic rings. The van der Waals surface area contributed by atoms with Crippen molar-refractivity contribution in [2.75, 3.05) is 13.2 Å². The van der Waals surface area contributed by atoms with Crippen LogP contribution in [0.4, 0.5) is 0 Å². The molecule has 0 aliphatic heterocycles. The number of hydrogen-bond donors (Lipinski definition) is 2. The zero-order valence-electron chi connectivity index (χ0n) is 7.60. The predicted octanol–water partition coefficient (Wildman–Crippen LogP) is 1.11. The molecule has 0 amide bonds. The van der Waals surface area contributed by atoms with Gasteiger partial charge in [0.25, 0.3) is 0 Å². The van der Waals surface area contributed by atoms with Crippen LogP contribution in [0.3, 0.4) is 0 Å². The number of ether oxygens (including phenoxy) is 1. The van der Waals surface area contributed by atoms with Crippen molar-refractivity contribution in [2.24, 2.45) is 0 Å². The lowest BCUT2D eigenvalue weighted by molar-refractivity contribution is 0.177. The van der Waals surface area contributed by atoms with Crippen molar-refractivity contribution < 1.29 is 14.9 Å². The number of aliphatic hydroxyl groups is 2. The number of benzene rings is 1. The highest BCUT2D eigenvalue weighted by molar-refractivity contribution is 5.34. The third kappa shape index (κ3) is 2.72. The number of rotatable bonds is 4. The normalized spacial score (nSPS) is 12.5. The molecule has 3 nitrogen and oxygen atoms in total. The second-order valence-corrected chi connectivity index (χ2v) is 2.79. The van der Waals surface area contributed by atoms with E-state index in [-0.39, 0.29) is 13.2 Å². The zero-order chi connectivity index (χ0) is 9.68. The lowest BCUT2D eigenvalue weighted by Crippen LogP contribution is -2.04. The van der Waals surface area contributed by atoms with Gasteiger partial charge in [0.05, 0.1) is 12.7 Å². The Morgan fingerprint density at radius 1 is 1.38 bits per heavy atom. The molecule has 0 saturated heterocycles. The van der Waals surface area contributed by atoms with E-state index in [4.69, 9.17) is 9.84 Å². The van der Waals surface area contributed by atoms with Crippen LogP contribution < -0.4 is 4.74 Å². The lowest BCUT2D eigenvalue weighted by Gasteiger charge is -2.11. The number of hydrogen-bond acceptors (Lipinski definition) is 3. The Labute approximate surface area is 77.6 Å². The van der Waals surface area contributed by atoms with Gasteiger partial charge in [0.15, 0.2) is 0 Å². The van der Waals surface area contributed by atoms with Gasteiger partial charge in [-0.2, -0.15) is 0 Å². The van der Waals surface area contributed by atoms with E-state index in [2.05, 4.69) is 0 Å². The standard InChI is InChI=1S/C10H14O3/c1-8(12)9-4-2-3-5-10(9)13-7-6-11/h2-5,8,11-12H,6-7H2,1H3/t8-/m1/s1. The molecule has 0 aromatic heterocycles. The summed E-state index contributed by atoms with van der Waals surface area (Å²) >= 11 is 0. The first-order valence-electron chi connectivity index (χ1n) is 4.26. The van der Waals surface area contributed by atoms with Gasteiger partial charge in [-0.05, 0) is 13.0 Å². The van der Waals surface area contributed by atoms with Gasteiger partial charge in [0.1, 0.15) is 12.4 Å². The largest absolute Gasteiger partial charge is 0.491 e. The van der Waals surface area contributed by atoms with Gasteiger partial charge in [-0.15, -0.1) is 0 Å². The van der Waals surface area contributed by atoms with Crippen LogP contribution in [0.5, 0.6) is 5.75 Å².